The first-order valence-electron chi connectivity index (χ1n) is 11.3. The molecule has 3 unspecified atom stereocenters. The van der Waals surface area contributed by atoms with Crippen molar-refractivity contribution in [2.45, 2.75) is 78.2 Å². The third-order valence-electron chi connectivity index (χ3n) is 5.27. The van der Waals surface area contributed by atoms with Gasteiger partial charge in [0.1, 0.15) is 11.6 Å². The number of esters is 1. The minimum Gasteiger partial charge on any atom is -0.460 e. The van der Waals surface area contributed by atoms with Crippen molar-refractivity contribution in [1.29, 1.82) is 0 Å². The molecular formula is C24H37N3O5S. The standard InChI is InChI=1S/C24H37N3O5S/c1-16(2)11-18(12-21(28)32-24(3,4)5)23(30)27-14-19(13-20(27)22(29)26-33-25)31-15-17-9-7-6-8-10-17/h6-10,16,18-20H,11-15,25H2,1-5H3,(H,26,29). The Kier molecular flexibility index (Phi) is 10.2. The van der Waals surface area contributed by atoms with E-state index in [0.29, 0.717) is 31.6 Å². The van der Waals surface area contributed by atoms with Gasteiger partial charge in [-0.05, 0) is 38.7 Å². The molecule has 2 amide bonds. The SMILES string of the molecule is CC(C)CC(CC(=O)OC(C)(C)C)C(=O)N1CC(OCc2ccccc2)CC1C(=O)NSN. The molecule has 33 heavy (non-hydrogen) atoms. The normalized spacial score (nSPS) is 19.4. The van der Waals surface area contributed by atoms with Crippen molar-refractivity contribution in [3.05, 3.63) is 35.9 Å². The van der Waals surface area contributed by atoms with Crippen molar-refractivity contribution < 1.29 is 23.9 Å². The molecule has 1 aromatic rings. The molecule has 1 aliphatic rings. The van der Waals surface area contributed by atoms with Crippen LogP contribution in [0.1, 0.15) is 59.4 Å². The average molecular weight is 480 g/mol. The minimum absolute atomic E-state index is 0.0275. The van der Waals surface area contributed by atoms with E-state index in [1.54, 1.807) is 25.7 Å². The molecule has 8 nitrogen and oxygen atoms in total. The molecule has 1 fully saturated rings. The average Bonchev–Trinajstić information content (AvgIpc) is 3.15. The second kappa shape index (κ2) is 12.4. The first-order valence-corrected chi connectivity index (χ1v) is 12.2. The second-order valence-corrected chi connectivity index (χ2v) is 10.3. The van der Waals surface area contributed by atoms with Gasteiger partial charge in [0.2, 0.25) is 5.91 Å². The summed E-state index contributed by atoms with van der Waals surface area (Å²) in [6.07, 6.45) is 0.560. The maximum absolute atomic E-state index is 13.6. The fourth-order valence-corrected chi connectivity index (χ4v) is 4.24. The van der Waals surface area contributed by atoms with E-state index >= 15 is 0 Å². The molecular weight excluding hydrogens is 442 g/mol. The van der Waals surface area contributed by atoms with Crippen molar-refractivity contribution in [3.8, 4) is 0 Å². The highest BCUT2D eigenvalue weighted by atomic mass is 32.2. The van der Waals surface area contributed by atoms with Crippen LogP contribution in [0.4, 0.5) is 0 Å². The molecule has 1 aromatic carbocycles. The van der Waals surface area contributed by atoms with Crippen LogP contribution in [-0.2, 0) is 30.5 Å². The predicted molar refractivity (Wildman–Crippen MR) is 128 cm³/mol. The van der Waals surface area contributed by atoms with E-state index in [9.17, 15) is 14.4 Å². The smallest absolute Gasteiger partial charge is 0.307 e. The lowest BCUT2D eigenvalue weighted by Gasteiger charge is -2.29. The van der Waals surface area contributed by atoms with Crippen LogP contribution in [0.5, 0.6) is 0 Å². The monoisotopic (exact) mass is 479 g/mol. The van der Waals surface area contributed by atoms with Gasteiger partial charge in [-0.15, -0.1) is 0 Å². The van der Waals surface area contributed by atoms with Crippen LogP contribution in [0.2, 0.25) is 0 Å². The van der Waals surface area contributed by atoms with Crippen LogP contribution in [0, 0.1) is 11.8 Å². The number of nitrogens with one attached hydrogen (secondary N) is 1. The lowest BCUT2D eigenvalue weighted by atomic mass is 9.92. The molecule has 9 heteroatoms. The Morgan fingerprint density at radius 1 is 1.21 bits per heavy atom. The second-order valence-electron chi connectivity index (χ2n) is 9.86. The predicted octanol–water partition coefficient (Wildman–Crippen LogP) is 3.20. The summed E-state index contributed by atoms with van der Waals surface area (Å²) in [4.78, 5) is 40.3. The molecule has 184 valence electrons. The van der Waals surface area contributed by atoms with Crippen molar-refractivity contribution in [2.24, 2.45) is 17.0 Å². The largest absolute Gasteiger partial charge is 0.460 e. The van der Waals surface area contributed by atoms with Crippen molar-refractivity contribution >= 4 is 29.9 Å². The highest BCUT2D eigenvalue weighted by Crippen LogP contribution is 2.28. The Morgan fingerprint density at radius 2 is 1.88 bits per heavy atom. The van der Waals surface area contributed by atoms with Crippen molar-refractivity contribution in [1.82, 2.24) is 9.62 Å². The lowest BCUT2D eigenvalue weighted by Crippen LogP contribution is -2.47. The van der Waals surface area contributed by atoms with Gasteiger partial charge in [0.15, 0.2) is 0 Å². The molecule has 0 spiro atoms. The first-order chi connectivity index (χ1) is 15.5. The number of rotatable bonds is 10. The quantitative estimate of drug-likeness (QED) is 0.392. The van der Waals surface area contributed by atoms with Crippen LogP contribution < -0.4 is 9.86 Å². The van der Waals surface area contributed by atoms with Crippen LogP contribution in [0.15, 0.2) is 30.3 Å². The van der Waals surface area contributed by atoms with Gasteiger partial charge in [-0.2, -0.15) is 0 Å². The van der Waals surface area contributed by atoms with Gasteiger partial charge in [0.25, 0.3) is 5.91 Å². The van der Waals surface area contributed by atoms with Gasteiger partial charge >= 0.3 is 5.97 Å². The zero-order valence-corrected chi connectivity index (χ0v) is 21.0. The van der Waals surface area contributed by atoms with E-state index < -0.39 is 23.5 Å². The summed E-state index contributed by atoms with van der Waals surface area (Å²) in [5.41, 5.74) is 0.385. The third-order valence-corrected chi connectivity index (χ3v) is 5.59. The summed E-state index contributed by atoms with van der Waals surface area (Å²) in [7, 11) is 0. The Bertz CT molecular complexity index is 797. The molecule has 3 atom stereocenters. The Hall–Kier alpha value is -2.10. The number of hydrogen-bond donors (Lipinski definition) is 2. The lowest BCUT2D eigenvalue weighted by molar-refractivity contribution is -0.159. The Labute approximate surface area is 201 Å². The minimum atomic E-state index is -0.706. The van der Waals surface area contributed by atoms with Crippen LogP contribution in [-0.4, -0.2) is 47.0 Å². The number of ether oxygens (including phenoxy) is 2. The van der Waals surface area contributed by atoms with Gasteiger partial charge < -0.3 is 14.4 Å². The molecule has 0 aliphatic carbocycles. The molecule has 0 saturated carbocycles. The maximum atomic E-state index is 13.6. The summed E-state index contributed by atoms with van der Waals surface area (Å²) >= 11 is 0.705. The fourth-order valence-electron chi connectivity index (χ4n) is 3.98. The number of nitrogens with two attached hydrogens (primary N) is 1. The highest BCUT2D eigenvalue weighted by molar-refractivity contribution is 7.95. The van der Waals surface area contributed by atoms with Gasteiger partial charge in [-0.3, -0.25) is 24.2 Å². The molecule has 1 heterocycles. The van der Waals surface area contributed by atoms with Gasteiger partial charge in [-0.1, -0.05) is 44.2 Å². The highest BCUT2D eigenvalue weighted by Gasteiger charge is 2.42. The van der Waals surface area contributed by atoms with Crippen molar-refractivity contribution in [3.63, 3.8) is 0 Å². The van der Waals surface area contributed by atoms with Gasteiger partial charge in [0.05, 0.1) is 19.1 Å². The van der Waals surface area contributed by atoms with E-state index in [1.807, 2.05) is 44.2 Å². The van der Waals surface area contributed by atoms with Crippen molar-refractivity contribution in [2.75, 3.05) is 6.54 Å². The number of benzene rings is 1. The zero-order valence-electron chi connectivity index (χ0n) is 20.2. The topological polar surface area (TPSA) is 111 Å². The number of nitrogens with zero attached hydrogens (tertiary/aromatic N) is 1. The van der Waals surface area contributed by atoms with Gasteiger partial charge in [0, 0.05) is 31.0 Å². The third kappa shape index (κ3) is 8.98. The van der Waals surface area contributed by atoms with E-state index in [-0.39, 0.29) is 36.8 Å². The Balaban J connectivity index is 2.15. The number of hydrogen-bond acceptors (Lipinski definition) is 7. The van der Waals surface area contributed by atoms with E-state index in [4.69, 9.17) is 14.6 Å². The van der Waals surface area contributed by atoms with E-state index in [1.165, 1.54) is 0 Å². The van der Waals surface area contributed by atoms with E-state index in [2.05, 4.69) is 4.72 Å². The molecule has 1 aliphatic heterocycles. The maximum Gasteiger partial charge on any atom is 0.307 e. The summed E-state index contributed by atoms with van der Waals surface area (Å²) in [5, 5.41) is 5.43. The zero-order chi connectivity index (χ0) is 24.6. The van der Waals surface area contributed by atoms with E-state index in [0.717, 1.165) is 5.56 Å². The molecule has 0 radical (unpaired) electrons. The summed E-state index contributed by atoms with van der Waals surface area (Å²) < 4.78 is 14.0. The summed E-state index contributed by atoms with van der Waals surface area (Å²) in [6.45, 7) is 10.1. The molecule has 2 rings (SSSR count). The summed E-state index contributed by atoms with van der Waals surface area (Å²) in [5.74, 6) is -1.38. The van der Waals surface area contributed by atoms with Crippen LogP contribution >= 0.6 is 12.1 Å². The number of amides is 2. The molecule has 3 N–H and O–H groups in total. The van der Waals surface area contributed by atoms with Crippen LogP contribution in [0.3, 0.4) is 0 Å². The molecule has 0 bridgehead atoms. The summed E-state index contributed by atoms with van der Waals surface area (Å²) in [6, 6.07) is 9.03. The molecule has 1 saturated heterocycles. The number of likely N-dealkylation sites (tertiary alicyclic amines) is 1. The fraction of sp³-hybridized carbons (Fsp3) is 0.625. The molecule has 0 aromatic heterocycles. The van der Waals surface area contributed by atoms with Crippen LogP contribution in [0.25, 0.3) is 0 Å². The first kappa shape index (κ1) is 27.1. The number of carbonyl (C=O) groups is 3. The number of carbonyl (C=O) groups excluding carboxylic acids is 3. The van der Waals surface area contributed by atoms with Gasteiger partial charge in [-0.25, -0.2) is 0 Å². The Morgan fingerprint density at radius 3 is 2.45 bits per heavy atom.